The summed E-state index contributed by atoms with van der Waals surface area (Å²) >= 11 is 0. The third-order valence-electron chi connectivity index (χ3n) is 2.23. The molecule has 2 rings (SSSR count). The van der Waals surface area contributed by atoms with Crippen molar-refractivity contribution in [3.8, 4) is 0 Å². The first-order valence-electron chi connectivity index (χ1n) is 3.61. The molecule has 2 fully saturated rings. The first-order valence-corrected chi connectivity index (χ1v) is 3.61. The summed E-state index contributed by atoms with van der Waals surface area (Å²) in [4.78, 5) is 23.8. The highest BCUT2D eigenvalue weighted by Crippen LogP contribution is 2.24. The van der Waals surface area contributed by atoms with Crippen LogP contribution in [-0.2, 0) is 4.79 Å². The van der Waals surface area contributed by atoms with Crippen LogP contribution in [0.5, 0.6) is 0 Å². The minimum Gasteiger partial charge on any atom is -0.311 e. The fraction of sp³-hybridized carbons (Fsp3) is 0.667. The fourth-order valence-corrected chi connectivity index (χ4v) is 1.65. The van der Waals surface area contributed by atoms with Crippen LogP contribution >= 0.6 is 0 Å². The van der Waals surface area contributed by atoms with E-state index in [0.717, 1.165) is 12.8 Å². The molecule has 11 heavy (non-hydrogen) atoms. The van der Waals surface area contributed by atoms with Crippen LogP contribution in [0, 0.1) is 0 Å². The summed E-state index contributed by atoms with van der Waals surface area (Å²) in [7, 11) is 0. The number of hydrogen-bond acceptors (Lipinski definition) is 3. The van der Waals surface area contributed by atoms with E-state index in [0.29, 0.717) is 11.6 Å². The highest BCUT2D eigenvalue weighted by atomic mass is 16.2. The molecule has 1 unspecified atom stereocenters. The molecule has 1 atom stereocenters. The third-order valence-corrected chi connectivity index (χ3v) is 2.23. The van der Waals surface area contributed by atoms with E-state index in [1.807, 2.05) is 0 Å². The lowest BCUT2D eigenvalue weighted by atomic mass is 10.2. The average Bonchev–Trinajstić information content (AvgIpc) is 2.53. The van der Waals surface area contributed by atoms with Gasteiger partial charge < -0.3 is 4.90 Å². The maximum absolute atomic E-state index is 11.1. The maximum atomic E-state index is 11.1. The Kier molecular flexibility index (Phi) is 1.17. The summed E-state index contributed by atoms with van der Waals surface area (Å²) in [6.45, 7) is 0.670. The van der Waals surface area contributed by atoms with E-state index < -0.39 is 0 Å². The topological polar surface area (TPSA) is 66.6 Å². The van der Waals surface area contributed by atoms with Gasteiger partial charge in [-0.05, 0) is 12.8 Å². The summed E-state index contributed by atoms with van der Waals surface area (Å²) in [6.07, 6.45) is 1.67. The maximum Gasteiger partial charge on any atom is 0.342 e. The van der Waals surface area contributed by atoms with E-state index in [-0.39, 0.29) is 18.0 Å². The van der Waals surface area contributed by atoms with Crippen LogP contribution in [-0.4, -0.2) is 34.4 Å². The molecular weight excluding hydrogens is 146 g/mol. The molecule has 0 aromatic carbocycles. The van der Waals surface area contributed by atoms with Crippen molar-refractivity contribution < 1.29 is 9.59 Å². The van der Waals surface area contributed by atoms with Gasteiger partial charge in [0.2, 0.25) is 0 Å². The van der Waals surface area contributed by atoms with E-state index in [4.69, 9.17) is 5.84 Å². The van der Waals surface area contributed by atoms with Gasteiger partial charge in [0.05, 0.1) is 0 Å². The highest BCUT2D eigenvalue weighted by molar-refractivity contribution is 6.03. The molecule has 3 amide bonds. The Balaban J connectivity index is 2.30. The van der Waals surface area contributed by atoms with Crippen molar-refractivity contribution in [1.82, 2.24) is 9.91 Å². The number of carbonyl (C=O) groups is 2. The smallest absolute Gasteiger partial charge is 0.311 e. The van der Waals surface area contributed by atoms with Crippen LogP contribution in [0.25, 0.3) is 0 Å². The van der Waals surface area contributed by atoms with Gasteiger partial charge in [-0.15, -0.1) is 0 Å². The Labute approximate surface area is 63.7 Å². The van der Waals surface area contributed by atoms with E-state index in [2.05, 4.69) is 0 Å². The van der Waals surface area contributed by atoms with Gasteiger partial charge >= 0.3 is 6.03 Å². The number of nitrogens with two attached hydrogens (primary N) is 1. The number of carbonyl (C=O) groups excluding carboxylic acids is 2. The van der Waals surface area contributed by atoms with Gasteiger partial charge in [0, 0.05) is 6.54 Å². The molecule has 0 aliphatic carbocycles. The van der Waals surface area contributed by atoms with Crippen molar-refractivity contribution in [2.45, 2.75) is 18.9 Å². The zero-order valence-corrected chi connectivity index (χ0v) is 5.99. The SMILES string of the molecule is NN1C(=O)C2CCCN2C1=O. The molecular formula is C6H9N3O2. The van der Waals surface area contributed by atoms with Crippen molar-refractivity contribution in [3.05, 3.63) is 0 Å². The Hall–Kier alpha value is -1.10. The summed E-state index contributed by atoms with van der Waals surface area (Å²) in [5, 5.41) is 0.712. The zero-order chi connectivity index (χ0) is 8.01. The standard InChI is InChI=1S/C6H9N3O2/c7-9-5(10)4-2-1-3-8(4)6(9)11/h4H,1-3,7H2. The van der Waals surface area contributed by atoms with Crippen LogP contribution in [0.15, 0.2) is 0 Å². The molecule has 0 bridgehead atoms. The molecule has 60 valence electrons. The molecule has 5 heteroatoms. The van der Waals surface area contributed by atoms with Gasteiger partial charge in [0.25, 0.3) is 5.91 Å². The number of amides is 3. The third kappa shape index (κ3) is 0.683. The van der Waals surface area contributed by atoms with Gasteiger partial charge in [-0.25, -0.2) is 10.6 Å². The lowest BCUT2D eigenvalue weighted by molar-refractivity contribution is -0.128. The van der Waals surface area contributed by atoms with Crippen molar-refractivity contribution in [2.24, 2.45) is 5.84 Å². The molecule has 0 radical (unpaired) electrons. The molecule has 2 aliphatic heterocycles. The predicted molar refractivity (Wildman–Crippen MR) is 36.2 cm³/mol. The minimum absolute atomic E-state index is 0.257. The fourth-order valence-electron chi connectivity index (χ4n) is 1.65. The Morgan fingerprint density at radius 3 is 2.82 bits per heavy atom. The lowest BCUT2D eigenvalue weighted by Gasteiger charge is -2.10. The van der Waals surface area contributed by atoms with Crippen LogP contribution < -0.4 is 5.84 Å². The normalized spacial score (nSPS) is 30.1. The second-order valence-electron chi connectivity index (χ2n) is 2.84. The summed E-state index contributed by atoms with van der Waals surface area (Å²) < 4.78 is 0. The molecule has 5 nitrogen and oxygen atoms in total. The predicted octanol–water partition coefficient (Wildman–Crippen LogP) is -0.713. The van der Waals surface area contributed by atoms with Crippen LogP contribution in [0.4, 0.5) is 4.79 Å². The summed E-state index contributed by atoms with van der Waals surface area (Å²) in [5.74, 6) is 4.95. The number of urea groups is 1. The van der Waals surface area contributed by atoms with Gasteiger partial charge in [0.15, 0.2) is 0 Å². The lowest BCUT2D eigenvalue weighted by Crippen LogP contribution is -2.38. The quantitative estimate of drug-likeness (QED) is 0.285. The molecule has 2 heterocycles. The molecule has 0 aromatic heterocycles. The van der Waals surface area contributed by atoms with Gasteiger partial charge in [-0.3, -0.25) is 4.79 Å². The van der Waals surface area contributed by atoms with Crippen molar-refractivity contribution in [3.63, 3.8) is 0 Å². The molecule has 0 spiro atoms. The molecule has 2 N–H and O–H groups in total. The summed E-state index contributed by atoms with van der Waals surface area (Å²) in [6, 6.07) is -0.606. The highest BCUT2D eigenvalue weighted by Gasteiger charge is 2.46. The molecule has 2 aliphatic rings. The van der Waals surface area contributed by atoms with E-state index in [1.54, 1.807) is 0 Å². The molecule has 0 aromatic rings. The van der Waals surface area contributed by atoms with Gasteiger partial charge in [0.1, 0.15) is 6.04 Å². The Morgan fingerprint density at radius 1 is 1.45 bits per heavy atom. The first-order chi connectivity index (χ1) is 5.22. The zero-order valence-electron chi connectivity index (χ0n) is 5.99. The van der Waals surface area contributed by atoms with Crippen LogP contribution in [0.3, 0.4) is 0 Å². The van der Waals surface area contributed by atoms with Crippen molar-refractivity contribution >= 4 is 11.9 Å². The second-order valence-corrected chi connectivity index (χ2v) is 2.84. The van der Waals surface area contributed by atoms with Crippen LogP contribution in [0.2, 0.25) is 0 Å². The Morgan fingerprint density at radius 2 is 2.18 bits per heavy atom. The van der Waals surface area contributed by atoms with Crippen molar-refractivity contribution in [1.29, 1.82) is 0 Å². The average molecular weight is 155 g/mol. The summed E-state index contributed by atoms with van der Waals surface area (Å²) in [5.41, 5.74) is 0. The van der Waals surface area contributed by atoms with E-state index in [9.17, 15) is 9.59 Å². The van der Waals surface area contributed by atoms with Crippen LogP contribution in [0.1, 0.15) is 12.8 Å². The number of rotatable bonds is 0. The second kappa shape index (κ2) is 1.94. The Bertz CT molecular complexity index is 206. The van der Waals surface area contributed by atoms with Gasteiger partial charge in [-0.2, -0.15) is 5.01 Å². The monoisotopic (exact) mass is 155 g/mol. The molecule has 2 saturated heterocycles. The minimum atomic E-state index is -0.350. The number of hydrazine groups is 1. The number of imide groups is 1. The van der Waals surface area contributed by atoms with E-state index >= 15 is 0 Å². The number of fused-ring (bicyclic) bond motifs is 1. The largest absolute Gasteiger partial charge is 0.342 e. The van der Waals surface area contributed by atoms with E-state index in [1.165, 1.54) is 4.90 Å². The van der Waals surface area contributed by atoms with Gasteiger partial charge in [-0.1, -0.05) is 0 Å². The number of hydrogen-bond donors (Lipinski definition) is 1. The van der Waals surface area contributed by atoms with Crippen molar-refractivity contribution in [2.75, 3.05) is 6.54 Å². The number of nitrogens with zero attached hydrogens (tertiary/aromatic N) is 2. The first kappa shape index (κ1) is 6.60. The molecule has 0 saturated carbocycles.